The lowest BCUT2D eigenvalue weighted by atomic mass is 9.99. The molecule has 12 heteroatoms. The van der Waals surface area contributed by atoms with Crippen LogP contribution in [0.2, 0.25) is 0 Å². The topological polar surface area (TPSA) is 213 Å². The van der Waals surface area contributed by atoms with Crippen LogP contribution in [0.4, 0.5) is 0 Å². The number of phenols is 1. The summed E-state index contributed by atoms with van der Waals surface area (Å²) in [7, 11) is 0. The van der Waals surface area contributed by atoms with E-state index in [0.29, 0.717) is 24.9 Å². The molecule has 0 saturated carbocycles. The van der Waals surface area contributed by atoms with Gasteiger partial charge in [0.15, 0.2) is 0 Å². The van der Waals surface area contributed by atoms with Gasteiger partial charge in [-0.3, -0.25) is 14.4 Å². The number of rotatable bonds is 16. The molecule has 3 rings (SSSR count). The van der Waals surface area contributed by atoms with Gasteiger partial charge in [0, 0.05) is 29.9 Å². The van der Waals surface area contributed by atoms with Crippen LogP contribution >= 0.6 is 0 Å². The van der Waals surface area contributed by atoms with Crippen LogP contribution in [0.15, 0.2) is 54.7 Å². The van der Waals surface area contributed by atoms with Crippen LogP contribution < -0.4 is 27.4 Å². The van der Waals surface area contributed by atoms with E-state index in [2.05, 4.69) is 20.9 Å². The van der Waals surface area contributed by atoms with Crippen molar-refractivity contribution in [2.24, 2.45) is 17.4 Å². The number of para-hydroxylation sites is 1. The summed E-state index contributed by atoms with van der Waals surface area (Å²) in [6, 6.07) is 9.28. The van der Waals surface area contributed by atoms with Crippen molar-refractivity contribution in [1.29, 1.82) is 0 Å². The van der Waals surface area contributed by atoms with E-state index in [-0.39, 0.29) is 18.6 Å². The second-order valence-electron chi connectivity index (χ2n) is 11.0. The summed E-state index contributed by atoms with van der Waals surface area (Å²) in [5, 5.41) is 28.2. The average molecular weight is 595 g/mol. The third kappa shape index (κ3) is 9.55. The lowest BCUT2D eigenvalue weighted by Gasteiger charge is -2.27. The lowest BCUT2D eigenvalue weighted by Crippen LogP contribution is -2.59. The molecule has 0 aliphatic carbocycles. The summed E-state index contributed by atoms with van der Waals surface area (Å²) in [5.41, 5.74) is 13.9. The van der Waals surface area contributed by atoms with Crippen LogP contribution in [-0.2, 0) is 32.0 Å². The van der Waals surface area contributed by atoms with Crippen molar-refractivity contribution >= 4 is 34.6 Å². The Morgan fingerprint density at radius 1 is 0.860 bits per heavy atom. The Labute approximate surface area is 250 Å². The monoisotopic (exact) mass is 594 g/mol. The van der Waals surface area contributed by atoms with E-state index in [0.717, 1.165) is 22.9 Å². The number of benzene rings is 2. The fraction of sp³-hybridized carbons (Fsp3) is 0.419. The van der Waals surface area contributed by atoms with E-state index in [1.165, 1.54) is 12.1 Å². The molecule has 0 radical (unpaired) electrons. The van der Waals surface area contributed by atoms with Gasteiger partial charge in [-0.1, -0.05) is 50.6 Å². The van der Waals surface area contributed by atoms with Crippen molar-refractivity contribution < 1.29 is 29.4 Å². The van der Waals surface area contributed by atoms with Gasteiger partial charge in [-0.15, -0.1) is 0 Å². The minimum atomic E-state index is -1.27. The molecular formula is C31H42N6O6. The Hall–Kier alpha value is -4.42. The van der Waals surface area contributed by atoms with Gasteiger partial charge in [-0.2, -0.15) is 0 Å². The number of carbonyl (C=O) groups excluding carboxylic acids is 3. The number of amides is 3. The van der Waals surface area contributed by atoms with E-state index in [4.69, 9.17) is 11.5 Å². The first-order valence-electron chi connectivity index (χ1n) is 14.4. The highest BCUT2D eigenvalue weighted by Crippen LogP contribution is 2.20. The zero-order valence-corrected chi connectivity index (χ0v) is 24.5. The maximum atomic E-state index is 13.7. The number of unbranched alkanes of at least 4 members (excludes halogenated alkanes) is 1. The van der Waals surface area contributed by atoms with Crippen molar-refractivity contribution in [3.63, 3.8) is 0 Å². The van der Waals surface area contributed by atoms with Crippen molar-refractivity contribution in [2.45, 2.75) is 70.1 Å². The van der Waals surface area contributed by atoms with Crippen LogP contribution in [-0.4, -0.2) is 69.6 Å². The van der Waals surface area contributed by atoms with Gasteiger partial charge in [0.2, 0.25) is 17.7 Å². The summed E-state index contributed by atoms with van der Waals surface area (Å²) in [6.07, 6.45) is 3.65. The van der Waals surface area contributed by atoms with Gasteiger partial charge < -0.3 is 42.6 Å². The number of carboxylic acids is 1. The molecule has 2 aromatic carbocycles. The van der Waals surface area contributed by atoms with E-state index in [9.17, 15) is 29.4 Å². The molecule has 0 aliphatic rings. The van der Waals surface area contributed by atoms with Gasteiger partial charge in [0.1, 0.15) is 23.9 Å². The number of aromatic nitrogens is 1. The van der Waals surface area contributed by atoms with Crippen molar-refractivity contribution in [1.82, 2.24) is 20.9 Å². The van der Waals surface area contributed by atoms with Crippen molar-refractivity contribution in [3.8, 4) is 5.75 Å². The minimum Gasteiger partial charge on any atom is -0.508 e. The molecule has 0 saturated heterocycles. The van der Waals surface area contributed by atoms with Gasteiger partial charge in [-0.25, -0.2) is 4.79 Å². The number of nitrogens with two attached hydrogens (primary N) is 2. The van der Waals surface area contributed by atoms with Crippen molar-refractivity contribution in [3.05, 3.63) is 65.9 Å². The first-order valence-corrected chi connectivity index (χ1v) is 14.4. The van der Waals surface area contributed by atoms with Gasteiger partial charge in [0.05, 0.1) is 6.04 Å². The highest BCUT2D eigenvalue weighted by molar-refractivity contribution is 5.95. The normalized spacial score (nSPS) is 14.1. The molecule has 4 unspecified atom stereocenters. The minimum absolute atomic E-state index is 0.0264. The SMILES string of the molecule is CC(C)C(NC(=O)C(Cc1c[nH]c2ccccc12)NC(=O)C(N)CCCCN)C(=O)NC(Cc1ccc(O)cc1)C(=O)O. The molecule has 0 bridgehead atoms. The summed E-state index contributed by atoms with van der Waals surface area (Å²) in [5.74, 6) is -3.40. The third-order valence-corrected chi connectivity index (χ3v) is 7.28. The number of aliphatic carboxylic acids is 1. The number of carboxylic acid groups (broad SMARTS) is 1. The highest BCUT2D eigenvalue weighted by Gasteiger charge is 2.32. The Bertz CT molecular complexity index is 1390. The van der Waals surface area contributed by atoms with Gasteiger partial charge in [0.25, 0.3) is 0 Å². The average Bonchev–Trinajstić information content (AvgIpc) is 3.38. The molecular weight excluding hydrogens is 552 g/mol. The maximum Gasteiger partial charge on any atom is 0.326 e. The molecule has 12 nitrogen and oxygen atoms in total. The molecule has 3 aromatic rings. The van der Waals surface area contributed by atoms with E-state index < -0.39 is 53.8 Å². The molecule has 1 aromatic heterocycles. The predicted molar refractivity (Wildman–Crippen MR) is 163 cm³/mol. The fourth-order valence-corrected chi connectivity index (χ4v) is 4.77. The Morgan fingerprint density at radius 2 is 1.53 bits per heavy atom. The Morgan fingerprint density at radius 3 is 2.19 bits per heavy atom. The lowest BCUT2D eigenvalue weighted by molar-refractivity contribution is -0.142. The number of fused-ring (bicyclic) bond motifs is 1. The smallest absolute Gasteiger partial charge is 0.326 e. The fourth-order valence-electron chi connectivity index (χ4n) is 4.77. The van der Waals surface area contributed by atoms with E-state index >= 15 is 0 Å². The van der Waals surface area contributed by atoms with Crippen LogP contribution in [0.3, 0.4) is 0 Å². The number of aromatic amines is 1. The van der Waals surface area contributed by atoms with Crippen LogP contribution in [0.5, 0.6) is 5.75 Å². The molecule has 10 N–H and O–H groups in total. The van der Waals surface area contributed by atoms with Crippen LogP contribution in [0.25, 0.3) is 10.9 Å². The number of hydrogen-bond acceptors (Lipinski definition) is 7. The number of nitrogens with one attached hydrogen (secondary N) is 4. The summed E-state index contributed by atoms with van der Waals surface area (Å²) >= 11 is 0. The number of H-pyrrole nitrogens is 1. The number of hydrogen-bond donors (Lipinski definition) is 8. The Kier molecular flexibility index (Phi) is 12.1. The predicted octanol–water partition coefficient (Wildman–Crippen LogP) is 1.31. The van der Waals surface area contributed by atoms with Crippen molar-refractivity contribution in [2.75, 3.05) is 6.54 Å². The molecule has 0 spiro atoms. The molecule has 3 amide bonds. The highest BCUT2D eigenvalue weighted by atomic mass is 16.4. The second-order valence-corrected chi connectivity index (χ2v) is 11.0. The second kappa shape index (κ2) is 15.7. The molecule has 232 valence electrons. The standard InChI is InChI=1S/C31H42N6O6/c1-18(2)27(30(41)36-26(31(42)43)15-19-10-12-21(38)13-11-19)37-29(40)25(35-28(39)23(33)8-5-6-14-32)16-20-17-34-24-9-4-3-7-22(20)24/h3-4,7,9-13,17-18,23,25-27,34,38H,5-6,8,14-16,32-33H2,1-2H3,(H,35,39)(H,36,41)(H,37,40)(H,42,43). The van der Waals surface area contributed by atoms with Gasteiger partial charge >= 0.3 is 5.97 Å². The number of aromatic hydroxyl groups is 1. The molecule has 1 heterocycles. The zero-order valence-electron chi connectivity index (χ0n) is 24.5. The van der Waals surface area contributed by atoms with Crippen LogP contribution in [0.1, 0.15) is 44.2 Å². The number of phenolic OH excluding ortho intramolecular Hbond substituents is 1. The third-order valence-electron chi connectivity index (χ3n) is 7.28. The maximum absolute atomic E-state index is 13.7. The molecule has 43 heavy (non-hydrogen) atoms. The Balaban J connectivity index is 1.78. The first-order chi connectivity index (χ1) is 20.5. The molecule has 0 fully saturated rings. The van der Waals surface area contributed by atoms with E-state index in [1.807, 2.05) is 24.3 Å². The summed E-state index contributed by atoms with van der Waals surface area (Å²) < 4.78 is 0. The van der Waals surface area contributed by atoms with Crippen LogP contribution in [0, 0.1) is 5.92 Å². The zero-order chi connectivity index (χ0) is 31.5. The van der Waals surface area contributed by atoms with E-state index in [1.54, 1.807) is 32.2 Å². The summed E-state index contributed by atoms with van der Waals surface area (Å²) in [4.78, 5) is 55.1. The van der Waals surface area contributed by atoms with Gasteiger partial charge in [-0.05, 0) is 54.6 Å². The molecule has 0 aliphatic heterocycles. The number of carbonyl (C=O) groups is 4. The largest absolute Gasteiger partial charge is 0.508 e. The molecule has 4 atom stereocenters. The first kappa shape index (κ1) is 33.1. The quantitative estimate of drug-likeness (QED) is 0.113. The summed E-state index contributed by atoms with van der Waals surface area (Å²) in [6.45, 7) is 3.93.